The van der Waals surface area contributed by atoms with Crippen molar-refractivity contribution in [3.05, 3.63) is 41.5 Å². The zero-order valence-electron chi connectivity index (χ0n) is 15.7. The average Bonchev–Trinajstić information content (AvgIpc) is 2.55. The molecule has 2 aromatic rings. The van der Waals surface area contributed by atoms with E-state index in [1.807, 2.05) is 18.2 Å². The van der Waals surface area contributed by atoms with Gasteiger partial charge in [-0.2, -0.15) is 0 Å². The number of rotatable bonds is 9. The molecule has 0 amide bonds. The Morgan fingerprint density at radius 1 is 0.840 bits per heavy atom. The van der Waals surface area contributed by atoms with E-state index in [0.29, 0.717) is 5.39 Å². The second-order valence-electron chi connectivity index (χ2n) is 6.42. The molecule has 0 aliphatic rings. The van der Waals surface area contributed by atoms with E-state index in [0.717, 1.165) is 43.9 Å². The first-order valence-corrected chi connectivity index (χ1v) is 10.4. The summed E-state index contributed by atoms with van der Waals surface area (Å²) in [7, 11) is -4.46. The molecule has 0 fully saturated rings. The van der Waals surface area contributed by atoms with E-state index in [1.165, 1.54) is 30.0 Å². The second kappa shape index (κ2) is 10.7. The Labute approximate surface area is 174 Å². The molecule has 0 saturated carbocycles. The van der Waals surface area contributed by atoms with E-state index < -0.39 is 10.1 Å². The first-order valence-electron chi connectivity index (χ1n) is 8.98. The van der Waals surface area contributed by atoms with Gasteiger partial charge < -0.3 is 4.55 Å². The number of hydrogen-bond acceptors (Lipinski definition) is 3. The predicted molar refractivity (Wildman–Crippen MR) is 98.4 cm³/mol. The third-order valence-electron chi connectivity index (χ3n) is 4.58. The van der Waals surface area contributed by atoms with Crippen LogP contribution < -0.4 is 29.6 Å². The van der Waals surface area contributed by atoms with Crippen molar-refractivity contribution in [1.82, 2.24) is 0 Å². The van der Waals surface area contributed by atoms with Crippen molar-refractivity contribution >= 4 is 20.9 Å². The molecule has 3 nitrogen and oxygen atoms in total. The summed E-state index contributed by atoms with van der Waals surface area (Å²) in [5.41, 5.74) is 2.52. The van der Waals surface area contributed by atoms with Gasteiger partial charge >= 0.3 is 29.6 Å². The molecule has 0 spiro atoms. The fourth-order valence-corrected chi connectivity index (χ4v) is 3.99. The molecule has 132 valence electrons. The summed E-state index contributed by atoms with van der Waals surface area (Å²) in [5, 5.41) is 1.50. The predicted octanol–water partition coefficient (Wildman–Crippen LogP) is 2.21. The largest absolute Gasteiger partial charge is 1.00 e. The van der Waals surface area contributed by atoms with Gasteiger partial charge in [-0.3, -0.25) is 0 Å². The fraction of sp³-hybridized carbons (Fsp3) is 0.500. The Bertz CT molecular complexity index is 785. The quantitative estimate of drug-likeness (QED) is 0.386. The first-order chi connectivity index (χ1) is 11.5. The number of benzene rings is 2. The Balaban J connectivity index is 0.00000312. The van der Waals surface area contributed by atoms with Crippen LogP contribution in [0.15, 0.2) is 35.2 Å². The van der Waals surface area contributed by atoms with Gasteiger partial charge in [0.15, 0.2) is 0 Å². The standard InChI is InChI=1S/C20H28O3S.Na/c1-3-5-7-10-16-14-15-19-18(17(16)11-8-6-4-2)12-9-13-20(19)24(21,22)23;/h9,12-15H,3-8,10-11H2,1-2H3,(H,21,22,23);/q;+1/p-1. The zero-order chi connectivity index (χ0) is 17.6. The van der Waals surface area contributed by atoms with E-state index in [4.69, 9.17) is 0 Å². The second-order valence-corrected chi connectivity index (χ2v) is 7.77. The molecule has 0 N–H and O–H groups in total. The van der Waals surface area contributed by atoms with Gasteiger partial charge in [0, 0.05) is 0 Å². The summed E-state index contributed by atoms with van der Waals surface area (Å²) in [6, 6.07) is 8.89. The van der Waals surface area contributed by atoms with Crippen LogP contribution in [0, 0.1) is 0 Å². The van der Waals surface area contributed by atoms with Crippen molar-refractivity contribution in [2.75, 3.05) is 0 Å². The van der Waals surface area contributed by atoms with Crippen molar-refractivity contribution in [3.63, 3.8) is 0 Å². The smallest absolute Gasteiger partial charge is 0.744 e. The molecule has 0 aliphatic heterocycles. The molecule has 0 unspecified atom stereocenters. The van der Waals surface area contributed by atoms with Crippen LogP contribution in [0.2, 0.25) is 0 Å². The van der Waals surface area contributed by atoms with E-state index in [9.17, 15) is 13.0 Å². The molecule has 2 rings (SSSR count). The molecular formula is C20H27NaO3S. The van der Waals surface area contributed by atoms with Crippen LogP contribution in [0.4, 0.5) is 0 Å². The summed E-state index contributed by atoms with van der Waals surface area (Å²) in [6.45, 7) is 4.36. The maximum atomic E-state index is 11.6. The zero-order valence-corrected chi connectivity index (χ0v) is 18.5. The van der Waals surface area contributed by atoms with Crippen LogP contribution in [0.5, 0.6) is 0 Å². The minimum Gasteiger partial charge on any atom is -0.744 e. The van der Waals surface area contributed by atoms with Gasteiger partial charge in [0.1, 0.15) is 10.1 Å². The summed E-state index contributed by atoms with van der Waals surface area (Å²) in [6.07, 6.45) is 8.86. The Hall–Kier alpha value is -0.390. The first kappa shape index (κ1) is 22.7. The number of hydrogen-bond donors (Lipinski definition) is 0. The topological polar surface area (TPSA) is 57.2 Å². The van der Waals surface area contributed by atoms with Crippen LogP contribution in [0.3, 0.4) is 0 Å². The molecule has 0 atom stereocenters. The van der Waals surface area contributed by atoms with Crippen molar-refractivity contribution in [3.8, 4) is 0 Å². The number of aryl methyl sites for hydroxylation is 2. The molecule has 0 radical (unpaired) electrons. The maximum Gasteiger partial charge on any atom is 1.00 e. The summed E-state index contributed by atoms with van der Waals surface area (Å²) >= 11 is 0. The Kier molecular flexibility index (Phi) is 9.68. The minimum absolute atomic E-state index is 0. The molecule has 0 aliphatic carbocycles. The van der Waals surface area contributed by atoms with Gasteiger partial charge in [-0.15, -0.1) is 0 Å². The van der Waals surface area contributed by atoms with Gasteiger partial charge in [-0.25, -0.2) is 8.42 Å². The van der Waals surface area contributed by atoms with Crippen LogP contribution in [-0.2, 0) is 23.0 Å². The van der Waals surface area contributed by atoms with Gasteiger partial charge in [0.2, 0.25) is 0 Å². The molecule has 0 heterocycles. The van der Waals surface area contributed by atoms with Gasteiger partial charge in [0.25, 0.3) is 0 Å². The molecule has 25 heavy (non-hydrogen) atoms. The molecule has 0 bridgehead atoms. The summed E-state index contributed by atoms with van der Waals surface area (Å²) < 4.78 is 34.7. The Morgan fingerprint density at radius 3 is 2.08 bits per heavy atom. The Morgan fingerprint density at radius 2 is 1.48 bits per heavy atom. The molecule has 5 heteroatoms. The third-order valence-corrected chi connectivity index (χ3v) is 5.47. The van der Waals surface area contributed by atoms with Crippen molar-refractivity contribution in [1.29, 1.82) is 0 Å². The van der Waals surface area contributed by atoms with Crippen LogP contribution in [0.1, 0.15) is 63.5 Å². The van der Waals surface area contributed by atoms with Crippen LogP contribution in [0.25, 0.3) is 10.8 Å². The van der Waals surface area contributed by atoms with Gasteiger partial charge in [0.05, 0.1) is 4.90 Å². The number of unbranched alkanes of at least 4 members (excludes halogenated alkanes) is 4. The average molecular weight is 370 g/mol. The van der Waals surface area contributed by atoms with E-state index in [1.54, 1.807) is 6.07 Å². The van der Waals surface area contributed by atoms with Crippen LogP contribution >= 0.6 is 0 Å². The molecular weight excluding hydrogens is 343 g/mol. The summed E-state index contributed by atoms with van der Waals surface area (Å²) in [4.78, 5) is -0.100. The van der Waals surface area contributed by atoms with Crippen molar-refractivity contribution in [2.24, 2.45) is 0 Å². The van der Waals surface area contributed by atoms with E-state index >= 15 is 0 Å². The minimum atomic E-state index is -4.46. The fourth-order valence-electron chi connectivity index (χ4n) is 3.30. The van der Waals surface area contributed by atoms with Crippen LogP contribution in [-0.4, -0.2) is 13.0 Å². The monoisotopic (exact) mass is 370 g/mol. The molecule has 0 saturated heterocycles. The van der Waals surface area contributed by atoms with Crippen molar-refractivity contribution < 1.29 is 42.5 Å². The van der Waals surface area contributed by atoms with E-state index in [-0.39, 0.29) is 34.5 Å². The van der Waals surface area contributed by atoms with Gasteiger partial charge in [-0.05, 0) is 53.6 Å². The maximum absolute atomic E-state index is 11.6. The number of fused-ring (bicyclic) bond motifs is 1. The third kappa shape index (κ3) is 6.07. The van der Waals surface area contributed by atoms with E-state index in [2.05, 4.69) is 13.8 Å². The molecule has 2 aromatic carbocycles. The summed E-state index contributed by atoms with van der Waals surface area (Å²) in [5.74, 6) is 0. The SMILES string of the molecule is CCCCCc1ccc2c(S(=O)(=O)[O-])cccc2c1CCCCC.[Na+]. The van der Waals surface area contributed by atoms with Crippen molar-refractivity contribution in [2.45, 2.75) is 70.1 Å². The normalized spacial score (nSPS) is 11.5. The molecule has 0 aromatic heterocycles. The van der Waals surface area contributed by atoms with Gasteiger partial charge in [-0.1, -0.05) is 63.8 Å².